The second-order valence-corrected chi connectivity index (χ2v) is 5.09. The van der Waals surface area contributed by atoms with Crippen molar-refractivity contribution in [3.05, 3.63) is 46.4 Å². The van der Waals surface area contributed by atoms with Gasteiger partial charge in [0.05, 0.1) is 5.71 Å². The van der Waals surface area contributed by atoms with Crippen LogP contribution in [-0.2, 0) is 4.79 Å². The maximum Gasteiger partial charge on any atom is 0.150 e. The lowest BCUT2D eigenvalue weighted by atomic mass is 10.0. The first kappa shape index (κ1) is 15.7. The molecule has 0 spiro atoms. The molecule has 0 saturated heterocycles. The first-order chi connectivity index (χ1) is 10.5. The number of hydrogen-bond donors (Lipinski definition) is 1. The van der Waals surface area contributed by atoms with Crippen molar-refractivity contribution >= 4 is 23.5 Å². The van der Waals surface area contributed by atoms with Crippen molar-refractivity contribution in [2.75, 3.05) is 26.0 Å². The molecule has 0 radical (unpaired) electrons. The second-order valence-electron chi connectivity index (χ2n) is 5.09. The summed E-state index contributed by atoms with van der Waals surface area (Å²) in [6.45, 7) is 4.05. The Morgan fingerprint density at radius 2 is 2.09 bits per heavy atom. The van der Waals surface area contributed by atoms with E-state index in [1.807, 2.05) is 39.0 Å². The zero-order valence-electron chi connectivity index (χ0n) is 13.6. The molecule has 0 amide bonds. The SMILES string of the molecule is C/N=C(\C(C)=C(/C)NC)c1cnc2c(c1)C=CC(=C=O)N2C. The molecule has 5 heteroatoms. The predicted molar refractivity (Wildman–Crippen MR) is 90.8 cm³/mol. The van der Waals surface area contributed by atoms with E-state index in [0.29, 0.717) is 5.70 Å². The van der Waals surface area contributed by atoms with Gasteiger partial charge in [0.15, 0.2) is 5.94 Å². The van der Waals surface area contributed by atoms with Crippen molar-refractivity contribution in [2.24, 2.45) is 4.99 Å². The van der Waals surface area contributed by atoms with Gasteiger partial charge in [-0.2, -0.15) is 0 Å². The third kappa shape index (κ3) is 2.71. The highest BCUT2D eigenvalue weighted by Gasteiger charge is 2.18. The number of carbonyl (C=O) groups excluding carboxylic acids is 1. The molecule has 0 atom stereocenters. The predicted octanol–water partition coefficient (Wildman–Crippen LogP) is 2.19. The number of aliphatic imine (C=N–C) groups is 1. The van der Waals surface area contributed by atoms with Gasteiger partial charge in [0.2, 0.25) is 0 Å². The minimum atomic E-state index is 0.472. The van der Waals surface area contributed by atoms with Crippen LogP contribution >= 0.6 is 0 Å². The summed E-state index contributed by atoms with van der Waals surface area (Å²) in [5.74, 6) is 2.65. The number of rotatable bonds is 3. The summed E-state index contributed by atoms with van der Waals surface area (Å²) < 4.78 is 0. The second kappa shape index (κ2) is 6.41. The maximum atomic E-state index is 10.9. The van der Waals surface area contributed by atoms with Gasteiger partial charge in [-0.25, -0.2) is 9.78 Å². The van der Waals surface area contributed by atoms with Crippen LogP contribution in [-0.4, -0.2) is 37.8 Å². The van der Waals surface area contributed by atoms with Crippen LogP contribution in [0.25, 0.3) is 6.08 Å². The zero-order chi connectivity index (χ0) is 16.3. The molecule has 1 aromatic heterocycles. The van der Waals surface area contributed by atoms with E-state index in [2.05, 4.69) is 15.3 Å². The van der Waals surface area contributed by atoms with Crippen LogP contribution < -0.4 is 10.2 Å². The van der Waals surface area contributed by atoms with Crippen LogP contribution in [0.3, 0.4) is 0 Å². The molecule has 0 fully saturated rings. The zero-order valence-corrected chi connectivity index (χ0v) is 13.6. The van der Waals surface area contributed by atoms with Gasteiger partial charge in [0.1, 0.15) is 11.5 Å². The highest BCUT2D eigenvalue weighted by Crippen LogP contribution is 2.27. The minimum Gasteiger partial charge on any atom is -0.391 e. The Hall–Kier alpha value is -2.65. The number of pyridine rings is 1. The quantitative estimate of drug-likeness (QED) is 0.686. The Bertz CT molecular complexity index is 737. The summed E-state index contributed by atoms with van der Waals surface area (Å²) in [7, 11) is 5.47. The van der Waals surface area contributed by atoms with Crippen LogP contribution in [0.2, 0.25) is 0 Å². The van der Waals surface area contributed by atoms with Crippen LogP contribution in [0, 0.1) is 0 Å². The lowest BCUT2D eigenvalue weighted by Gasteiger charge is -2.23. The molecule has 0 saturated carbocycles. The Kier molecular flexibility index (Phi) is 4.59. The average molecular weight is 296 g/mol. The fourth-order valence-corrected chi connectivity index (χ4v) is 2.38. The van der Waals surface area contributed by atoms with Crippen molar-refractivity contribution in [3.8, 4) is 0 Å². The Labute approximate surface area is 130 Å². The number of hydrogen-bond acceptors (Lipinski definition) is 5. The largest absolute Gasteiger partial charge is 0.391 e. The molecule has 0 bridgehead atoms. The fourth-order valence-electron chi connectivity index (χ4n) is 2.38. The maximum absolute atomic E-state index is 10.9. The molecule has 1 aromatic rings. The lowest BCUT2D eigenvalue weighted by Crippen LogP contribution is -2.21. The highest BCUT2D eigenvalue weighted by molar-refractivity contribution is 6.12. The van der Waals surface area contributed by atoms with Gasteiger partial charge in [-0.05, 0) is 37.6 Å². The minimum absolute atomic E-state index is 0.472. The van der Waals surface area contributed by atoms with Gasteiger partial charge in [-0.1, -0.05) is 0 Å². The number of fused-ring (bicyclic) bond motifs is 1. The summed E-state index contributed by atoms with van der Waals surface area (Å²) in [4.78, 5) is 21.5. The summed E-state index contributed by atoms with van der Waals surface area (Å²) in [5, 5.41) is 3.14. The number of likely N-dealkylation sites (N-methyl/N-ethyl adjacent to an activating group) is 1. The van der Waals surface area contributed by atoms with Crippen LogP contribution in [0.4, 0.5) is 5.82 Å². The van der Waals surface area contributed by atoms with Gasteiger partial charge >= 0.3 is 0 Å². The van der Waals surface area contributed by atoms with E-state index in [4.69, 9.17) is 0 Å². The number of anilines is 1. The van der Waals surface area contributed by atoms with Crippen molar-refractivity contribution in [1.82, 2.24) is 10.3 Å². The summed E-state index contributed by atoms with van der Waals surface area (Å²) in [5.41, 5.74) is 5.42. The number of nitrogens with zero attached hydrogens (tertiary/aromatic N) is 3. The van der Waals surface area contributed by atoms with Gasteiger partial charge in [-0.15, -0.1) is 0 Å². The number of nitrogens with one attached hydrogen (secondary N) is 1. The standard InChI is InChI=1S/C17H20N4O/c1-11(12(2)18-3)16(19-4)14-8-13-6-7-15(10-22)21(5)17(13)20-9-14/h6-9,18H,1-5H3/b12-11+,19-16+. The molecular weight excluding hydrogens is 276 g/mol. The molecule has 22 heavy (non-hydrogen) atoms. The van der Waals surface area contributed by atoms with Gasteiger partial charge in [0.25, 0.3) is 0 Å². The first-order valence-corrected chi connectivity index (χ1v) is 7.03. The molecule has 1 N–H and O–H groups in total. The monoisotopic (exact) mass is 296 g/mol. The van der Waals surface area contributed by atoms with Gasteiger partial charge < -0.3 is 10.2 Å². The van der Waals surface area contributed by atoms with E-state index in [-0.39, 0.29) is 0 Å². The molecule has 2 heterocycles. The third-order valence-electron chi connectivity index (χ3n) is 3.89. The summed E-state index contributed by atoms with van der Waals surface area (Å²) in [6.07, 6.45) is 5.40. The first-order valence-electron chi connectivity index (χ1n) is 7.03. The molecule has 1 aliphatic heterocycles. The Morgan fingerprint density at radius 3 is 2.68 bits per heavy atom. The van der Waals surface area contributed by atoms with E-state index < -0.39 is 0 Å². The van der Waals surface area contributed by atoms with Crippen molar-refractivity contribution in [3.63, 3.8) is 0 Å². The van der Waals surface area contributed by atoms with Crippen LogP contribution in [0.15, 0.2) is 40.3 Å². The van der Waals surface area contributed by atoms with E-state index in [9.17, 15) is 4.79 Å². The van der Waals surface area contributed by atoms with Crippen LogP contribution in [0.1, 0.15) is 25.0 Å². The molecule has 0 aliphatic carbocycles. The average Bonchev–Trinajstić information content (AvgIpc) is 2.55. The fraction of sp³-hybridized carbons (Fsp3) is 0.294. The lowest BCUT2D eigenvalue weighted by molar-refractivity contribution is 0.567. The highest BCUT2D eigenvalue weighted by atomic mass is 16.1. The number of allylic oxidation sites excluding steroid dienone is 3. The molecule has 2 rings (SSSR count). The Balaban J connectivity index is 2.51. The van der Waals surface area contributed by atoms with Crippen molar-refractivity contribution in [1.29, 1.82) is 0 Å². The third-order valence-corrected chi connectivity index (χ3v) is 3.89. The van der Waals surface area contributed by atoms with Crippen LogP contribution in [0.5, 0.6) is 0 Å². The summed E-state index contributed by atoms with van der Waals surface area (Å²) in [6, 6.07) is 2.03. The molecule has 0 unspecified atom stereocenters. The van der Waals surface area contributed by atoms with E-state index >= 15 is 0 Å². The molecule has 114 valence electrons. The topological polar surface area (TPSA) is 57.6 Å². The molecule has 1 aliphatic rings. The van der Waals surface area contributed by atoms with E-state index in [0.717, 1.165) is 33.9 Å². The van der Waals surface area contributed by atoms with E-state index in [1.54, 1.807) is 31.3 Å². The molecular formula is C17H20N4O. The van der Waals surface area contributed by atoms with Crippen molar-refractivity contribution in [2.45, 2.75) is 13.8 Å². The molecule has 5 nitrogen and oxygen atoms in total. The normalized spacial score (nSPS) is 15.2. The van der Waals surface area contributed by atoms with E-state index in [1.165, 1.54) is 0 Å². The van der Waals surface area contributed by atoms with Gasteiger partial charge in [0, 0.05) is 44.2 Å². The van der Waals surface area contributed by atoms with Gasteiger partial charge in [-0.3, -0.25) is 4.99 Å². The summed E-state index contributed by atoms with van der Waals surface area (Å²) >= 11 is 0. The smallest absolute Gasteiger partial charge is 0.150 e. The molecule has 0 aromatic carbocycles. The van der Waals surface area contributed by atoms with Crippen molar-refractivity contribution < 1.29 is 4.79 Å². The number of aromatic nitrogens is 1. The Morgan fingerprint density at radius 1 is 1.36 bits per heavy atom.